The average Bonchev–Trinajstić information content (AvgIpc) is 2.87. The Hall–Kier alpha value is -2.65. The summed E-state index contributed by atoms with van der Waals surface area (Å²) >= 11 is 0. The minimum atomic E-state index is 0.105. The maximum Gasteiger partial charge on any atom is 0.165 e. The number of nitrogens with two attached hydrogens (primary N) is 1. The average molecular weight is 337 g/mol. The van der Waals surface area contributed by atoms with Gasteiger partial charge in [-0.15, -0.1) is 0 Å². The number of nitrogen functional groups attached to an aromatic ring is 1. The maximum atomic E-state index is 10.1. The summed E-state index contributed by atoms with van der Waals surface area (Å²) in [6.07, 6.45) is 5.18. The Morgan fingerprint density at radius 2 is 2.00 bits per heavy atom. The molecular weight excluding hydrogens is 314 g/mol. The lowest BCUT2D eigenvalue weighted by molar-refractivity contribution is 0.476. The minimum absolute atomic E-state index is 0.105. The minimum Gasteiger partial charge on any atom is -0.507 e. The van der Waals surface area contributed by atoms with E-state index in [0.717, 1.165) is 32.1 Å². The molecular formula is C19H23N5O. The van der Waals surface area contributed by atoms with Crippen LogP contribution in [0, 0.1) is 11.3 Å². The Balaban J connectivity index is 2.03. The van der Waals surface area contributed by atoms with Crippen molar-refractivity contribution in [3.05, 3.63) is 35.5 Å². The predicted octanol–water partition coefficient (Wildman–Crippen LogP) is 2.94. The fourth-order valence-electron chi connectivity index (χ4n) is 3.55. The van der Waals surface area contributed by atoms with Crippen LogP contribution in [-0.4, -0.2) is 28.2 Å². The number of aromatic nitrogens is 2. The number of anilines is 1. The standard InChI is InChI=1S/C19H23N5O/c1-22-13-6-4-5-12(9-10-13)17-15(11-20)18(21)24-19(23-17)14-7-2-3-8-16(14)25/h2-3,7-8,12-13,22,25H,4-6,9-10H2,1H3,(H2,21,23,24). The van der Waals surface area contributed by atoms with Crippen LogP contribution in [0.2, 0.25) is 0 Å². The first-order chi connectivity index (χ1) is 12.1. The molecule has 1 heterocycles. The molecule has 0 spiro atoms. The van der Waals surface area contributed by atoms with Gasteiger partial charge in [0, 0.05) is 12.0 Å². The summed E-state index contributed by atoms with van der Waals surface area (Å²) in [6, 6.07) is 9.59. The van der Waals surface area contributed by atoms with Gasteiger partial charge < -0.3 is 16.2 Å². The number of benzene rings is 1. The lowest BCUT2D eigenvalue weighted by Gasteiger charge is -2.17. The lowest BCUT2D eigenvalue weighted by atomic mass is 9.93. The topological polar surface area (TPSA) is 108 Å². The lowest BCUT2D eigenvalue weighted by Crippen LogP contribution is -2.23. The summed E-state index contributed by atoms with van der Waals surface area (Å²) in [7, 11) is 1.99. The number of nitrogens with zero attached hydrogens (tertiary/aromatic N) is 3. The van der Waals surface area contributed by atoms with E-state index in [-0.39, 0.29) is 17.5 Å². The number of aromatic hydroxyl groups is 1. The number of phenolic OH excluding ortho intramolecular Hbond substituents is 1. The molecule has 2 aromatic rings. The quantitative estimate of drug-likeness (QED) is 0.743. The highest BCUT2D eigenvalue weighted by Crippen LogP contribution is 2.35. The van der Waals surface area contributed by atoms with E-state index in [1.54, 1.807) is 18.2 Å². The summed E-state index contributed by atoms with van der Waals surface area (Å²) in [4.78, 5) is 8.91. The van der Waals surface area contributed by atoms with E-state index in [0.29, 0.717) is 28.7 Å². The zero-order valence-corrected chi connectivity index (χ0v) is 14.4. The van der Waals surface area contributed by atoms with Gasteiger partial charge in [-0.25, -0.2) is 9.97 Å². The van der Waals surface area contributed by atoms with E-state index in [2.05, 4.69) is 21.4 Å². The molecule has 2 unspecified atom stereocenters. The zero-order valence-electron chi connectivity index (χ0n) is 14.4. The molecule has 1 aliphatic carbocycles. The van der Waals surface area contributed by atoms with Crippen LogP contribution in [0.5, 0.6) is 5.75 Å². The molecule has 4 N–H and O–H groups in total. The molecule has 6 heteroatoms. The number of hydrogen-bond acceptors (Lipinski definition) is 6. The normalized spacial score (nSPS) is 20.6. The fraction of sp³-hybridized carbons (Fsp3) is 0.421. The van der Waals surface area contributed by atoms with Gasteiger partial charge >= 0.3 is 0 Å². The molecule has 0 amide bonds. The fourth-order valence-corrected chi connectivity index (χ4v) is 3.55. The van der Waals surface area contributed by atoms with Gasteiger partial charge in [-0.1, -0.05) is 18.6 Å². The van der Waals surface area contributed by atoms with Gasteiger partial charge in [0.15, 0.2) is 5.82 Å². The zero-order chi connectivity index (χ0) is 17.8. The molecule has 2 atom stereocenters. The van der Waals surface area contributed by atoms with Gasteiger partial charge in [0.2, 0.25) is 0 Å². The van der Waals surface area contributed by atoms with Gasteiger partial charge in [-0.3, -0.25) is 0 Å². The van der Waals surface area contributed by atoms with Crippen LogP contribution in [-0.2, 0) is 0 Å². The molecule has 25 heavy (non-hydrogen) atoms. The molecule has 6 nitrogen and oxygen atoms in total. The van der Waals surface area contributed by atoms with E-state index in [4.69, 9.17) is 5.73 Å². The van der Waals surface area contributed by atoms with E-state index >= 15 is 0 Å². The van der Waals surface area contributed by atoms with E-state index in [1.807, 2.05) is 13.1 Å². The summed E-state index contributed by atoms with van der Waals surface area (Å²) in [5.74, 6) is 0.843. The van der Waals surface area contributed by atoms with Crippen molar-refractivity contribution in [2.24, 2.45) is 0 Å². The Bertz CT molecular complexity index is 799. The molecule has 0 aliphatic heterocycles. The van der Waals surface area contributed by atoms with Crippen molar-refractivity contribution in [2.75, 3.05) is 12.8 Å². The first kappa shape index (κ1) is 17.2. The molecule has 0 saturated heterocycles. The Morgan fingerprint density at radius 3 is 2.72 bits per heavy atom. The molecule has 1 aromatic carbocycles. The van der Waals surface area contributed by atoms with Crippen LogP contribution < -0.4 is 11.1 Å². The molecule has 130 valence electrons. The summed E-state index contributed by atoms with van der Waals surface area (Å²) < 4.78 is 0. The Labute approximate surface area is 147 Å². The van der Waals surface area contributed by atoms with Gasteiger partial charge in [0.25, 0.3) is 0 Å². The number of rotatable bonds is 3. The number of nitrogens with one attached hydrogen (secondary N) is 1. The van der Waals surface area contributed by atoms with Crippen molar-refractivity contribution >= 4 is 5.82 Å². The van der Waals surface area contributed by atoms with E-state index in [9.17, 15) is 10.4 Å². The van der Waals surface area contributed by atoms with Gasteiger partial charge in [0.1, 0.15) is 23.2 Å². The Morgan fingerprint density at radius 1 is 1.20 bits per heavy atom. The smallest absolute Gasteiger partial charge is 0.165 e. The van der Waals surface area contributed by atoms with Crippen molar-refractivity contribution in [1.82, 2.24) is 15.3 Å². The molecule has 0 bridgehead atoms. The third-order valence-electron chi connectivity index (χ3n) is 4.99. The summed E-state index contributed by atoms with van der Waals surface area (Å²) in [5.41, 5.74) is 7.66. The molecule has 3 rings (SSSR count). The van der Waals surface area contributed by atoms with Crippen molar-refractivity contribution in [1.29, 1.82) is 5.26 Å². The third-order valence-corrected chi connectivity index (χ3v) is 4.99. The van der Waals surface area contributed by atoms with Crippen LogP contribution in [0.15, 0.2) is 24.3 Å². The van der Waals surface area contributed by atoms with Crippen molar-refractivity contribution in [3.8, 4) is 23.2 Å². The van der Waals surface area contributed by atoms with Crippen LogP contribution in [0.3, 0.4) is 0 Å². The summed E-state index contributed by atoms with van der Waals surface area (Å²) in [6.45, 7) is 0. The highest BCUT2D eigenvalue weighted by Gasteiger charge is 2.25. The maximum absolute atomic E-state index is 10.1. The van der Waals surface area contributed by atoms with Gasteiger partial charge in [-0.05, 0) is 44.9 Å². The van der Waals surface area contributed by atoms with E-state index < -0.39 is 0 Å². The van der Waals surface area contributed by atoms with Gasteiger partial charge in [-0.2, -0.15) is 5.26 Å². The first-order valence-electron chi connectivity index (χ1n) is 8.67. The van der Waals surface area contributed by atoms with Crippen LogP contribution in [0.25, 0.3) is 11.4 Å². The molecule has 0 radical (unpaired) electrons. The first-order valence-corrected chi connectivity index (χ1v) is 8.67. The number of para-hydroxylation sites is 1. The van der Waals surface area contributed by atoms with Crippen molar-refractivity contribution in [3.63, 3.8) is 0 Å². The van der Waals surface area contributed by atoms with Crippen LogP contribution in [0.1, 0.15) is 49.3 Å². The van der Waals surface area contributed by atoms with Crippen LogP contribution >= 0.6 is 0 Å². The second-order valence-electron chi connectivity index (χ2n) is 6.51. The number of nitriles is 1. The second-order valence-corrected chi connectivity index (χ2v) is 6.51. The van der Waals surface area contributed by atoms with Crippen molar-refractivity contribution < 1.29 is 5.11 Å². The largest absolute Gasteiger partial charge is 0.507 e. The monoisotopic (exact) mass is 337 g/mol. The number of hydrogen-bond donors (Lipinski definition) is 3. The summed E-state index contributed by atoms with van der Waals surface area (Å²) in [5, 5.41) is 23.0. The second kappa shape index (κ2) is 7.49. The molecule has 1 saturated carbocycles. The van der Waals surface area contributed by atoms with Crippen molar-refractivity contribution in [2.45, 2.75) is 44.1 Å². The van der Waals surface area contributed by atoms with E-state index in [1.165, 1.54) is 0 Å². The van der Waals surface area contributed by atoms with Crippen LogP contribution in [0.4, 0.5) is 5.82 Å². The Kier molecular flexibility index (Phi) is 5.15. The highest BCUT2D eigenvalue weighted by atomic mass is 16.3. The third kappa shape index (κ3) is 3.57. The highest BCUT2D eigenvalue weighted by molar-refractivity contribution is 5.66. The predicted molar refractivity (Wildman–Crippen MR) is 96.9 cm³/mol. The molecule has 1 fully saturated rings. The SMILES string of the molecule is CNC1CCCC(c2nc(-c3ccccc3O)nc(N)c2C#N)CC1. The molecule has 1 aromatic heterocycles. The van der Waals surface area contributed by atoms with Gasteiger partial charge in [0.05, 0.1) is 11.3 Å². The number of phenols is 1. The molecule has 1 aliphatic rings.